The molecule has 0 spiro atoms. The van der Waals surface area contributed by atoms with Gasteiger partial charge >= 0.3 is 0 Å². The van der Waals surface area contributed by atoms with Crippen LogP contribution >= 0.6 is 0 Å². The van der Waals surface area contributed by atoms with Crippen LogP contribution in [0.3, 0.4) is 0 Å². The van der Waals surface area contributed by atoms with Crippen LogP contribution in [0.1, 0.15) is 12.0 Å². The first-order valence-electron chi connectivity index (χ1n) is 8.56. The first kappa shape index (κ1) is 16.2. The van der Waals surface area contributed by atoms with Gasteiger partial charge in [-0.15, -0.1) is 0 Å². The second-order valence-corrected chi connectivity index (χ2v) is 6.39. The monoisotopic (exact) mass is 345 g/mol. The highest BCUT2D eigenvalue weighted by Crippen LogP contribution is 2.24. The summed E-state index contributed by atoms with van der Waals surface area (Å²) in [6, 6.07) is 13.7. The van der Waals surface area contributed by atoms with Crippen LogP contribution in [-0.2, 0) is 4.79 Å². The molecule has 0 aliphatic carbocycles. The highest BCUT2D eigenvalue weighted by atomic mass is 16.2. The largest absolute Gasteiger partial charge is 0.349 e. The van der Waals surface area contributed by atoms with Gasteiger partial charge in [0.15, 0.2) is 0 Å². The molecule has 0 bridgehead atoms. The Bertz CT molecular complexity index is 911. The third kappa shape index (κ3) is 3.39. The van der Waals surface area contributed by atoms with Gasteiger partial charge in [0.1, 0.15) is 0 Å². The average Bonchev–Trinajstić information content (AvgIpc) is 3.03. The average molecular weight is 345 g/mol. The van der Waals surface area contributed by atoms with Crippen molar-refractivity contribution in [2.75, 3.05) is 16.8 Å². The lowest BCUT2D eigenvalue weighted by Gasteiger charge is -2.17. The van der Waals surface area contributed by atoms with Gasteiger partial charge in [0.05, 0.1) is 11.7 Å². The Morgan fingerprint density at radius 2 is 1.96 bits per heavy atom. The first-order valence-corrected chi connectivity index (χ1v) is 8.56. The first-order chi connectivity index (χ1) is 12.7. The van der Waals surface area contributed by atoms with Gasteiger partial charge in [0.2, 0.25) is 11.9 Å². The summed E-state index contributed by atoms with van der Waals surface area (Å²) in [5, 5.41) is 3.29. The van der Waals surface area contributed by atoms with Crippen LogP contribution in [-0.4, -0.2) is 33.4 Å². The molecule has 1 aromatic carbocycles. The molecular weight excluding hydrogens is 326 g/mol. The molecule has 2 aromatic heterocycles. The Kier molecular flexibility index (Phi) is 4.31. The summed E-state index contributed by atoms with van der Waals surface area (Å²) in [6.07, 6.45) is 5.64. The number of nitrogens with zero attached hydrogens (tertiary/aromatic N) is 4. The van der Waals surface area contributed by atoms with E-state index >= 15 is 0 Å². The zero-order valence-corrected chi connectivity index (χ0v) is 14.5. The maximum Gasteiger partial charge on any atom is 0.229 e. The van der Waals surface area contributed by atoms with E-state index in [9.17, 15) is 4.79 Å². The lowest BCUT2D eigenvalue weighted by molar-refractivity contribution is -0.117. The molecule has 1 amide bonds. The van der Waals surface area contributed by atoms with Crippen molar-refractivity contribution in [3.8, 4) is 11.3 Å². The van der Waals surface area contributed by atoms with Gasteiger partial charge < -0.3 is 10.2 Å². The Hall–Kier alpha value is -3.28. The number of carbonyl (C=O) groups is 1. The predicted molar refractivity (Wildman–Crippen MR) is 101 cm³/mol. The number of aryl methyl sites for hydroxylation is 1. The minimum Gasteiger partial charge on any atom is -0.349 e. The van der Waals surface area contributed by atoms with Crippen molar-refractivity contribution in [2.24, 2.45) is 0 Å². The minimum atomic E-state index is -0.0204. The molecule has 1 atom stereocenters. The molecule has 1 fully saturated rings. The van der Waals surface area contributed by atoms with E-state index < -0.39 is 0 Å². The van der Waals surface area contributed by atoms with E-state index in [1.165, 1.54) is 5.56 Å². The van der Waals surface area contributed by atoms with Crippen LogP contribution in [0.2, 0.25) is 0 Å². The van der Waals surface area contributed by atoms with Crippen molar-refractivity contribution < 1.29 is 4.79 Å². The highest BCUT2D eigenvalue weighted by molar-refractivity contribution is 5.96. The number of hydrogen-bond acceptors (Lipinski definition) is 5. The van der Waals surface area contributed by atoms with Gasteiger partial charge in [-0.05, 0) is 37.3 Å². The van der Waals surface area contributed by atoms with Crippen molar-refractivity contribution in [2.45, 2.75) is 19.4 Å². The van der Waals surface area contributed by atoms with Gasteiger partial charge in [0.25, 0.3) is 0 Å². The molecule has 4 rings (SSSR count). The van der Waals surface area contributed by atoms with Crippen LogP contribution in [0.4, 0.5) is 11.6 Å². The number of anilines is 2. The van der Waals surface area contributed by atoms with Crippen molar-refractivity contribution in [3.05, 3.63) is 66.6 Å². The van der Waals surface area contributed by atoms with Crippen LogP contribution in [0, 0.1) is 6.92 Å². The maximum atomic E-state index is 12.4. The van der Waals surface area contributed by atoms with Gasteiger partial charge in [0, 0.05) is 42.8 Å². The van der Waals surface area contributed by atoms with E-state index in [1.54, 1.807) is 18.6 Å². The van der Waals surface area contributed by atoms with E-state index in [-0.39, 0.29) is 11.9 Å². The smallest absolute Gasteiger partial charge is 0.229 e. The van der Waals surface area contributed by atoms with E-state index in [2.05, 4.69) is 20.3 Å². The van der Waals surface area contributed by atoms with Crippen LogP contribution in [0.15, 0.2) is 61.1 Å². The molecule has 130 valence electrons. The molecule has 0 radical (unpaired) electrons. The van der Waals surface area contributed by atoms with Gasteiger partial charge in [-0.3, -0.25) is 9.78 Å². The number of nitrogens with one attached hydrogen (secondary N) is 1. The molecule has 3 heterocycles. The summed E-state index contributed by atoms with van der Waals surface area (Å²) in [4.78, 5) is 27.2. The van der Waals surface area contributed by atoms with Crippen LogP contribution < -0.4 is 10.2 Å². The molecule has 6 heteroatoms. The SMILES string of the molecule is Cc1ccc(N2C[C@H](Nc3nccc(-c4cccnc4)n3)CC2=O)cc1. The number of benzene rings is 1. The van der Waals surface area contributed by atoms with Gasteiger partial charge in [-0.2, -0.15) is 0 Å². The third-order valence-corrected chi connectivity index (χ3v) is 4.42. The van der Waals surface area contributed by atoms with E-state index in [0.717, 1.165) is 16.9 Å². The van der Waals surface area contributed by atoms with E-state index in [1.807, 2.05) is 54.3 Å². The molecule has 0 unspecified atom stereocenters. The Morgan fingerprint density at radius 1 is 1.12 bits per heavy atom. The molecule has 26 heavy (non-hydrogen) atoms. The number of amides is 1. The summed E-state index contributed by atoms with van der Waals surface area (Å²) in [5.41, 5.74) is 3.84. The molecule has 1 saturated heterocycles. The summed E-state index contributed by atoms with van der Waals surface area (Å²) in [7, 11) is 0. The van der Waals surface area contributed by atoms with Crippen LogP contribution in [0.25, 0.3) is 11.3 Å². The van der Waals surface area contributed by atoms with Crippen LogP contribution in [0.5, 0.6) is 0 Å². The Balaban J connectivity index is 1.48. The van der Waals surface area contributed by atoms with Gasteiger partial charge in [-0.1, -0.05) is 17.7 Å². The fourth-order valence-corrected chi connectivity index (χ4v) is 3.06. The van der Waals surface area contributed by atoms with Crippen molar-refractivity contribution in [1.82, 2.24) is 15.0 Å². The third-order valence-electron chi connectivity index (χ3n) is 4.42. The quantitative estimate of drug-likeness (QED) is 0.787. The zero-order valence-electron chi connectivity index (χ0n) is 14.5. The Labute approximate surface area is 151 Å². The number of rotatable bonds is 4. The standard InChI is InChI=1S/C20H19N5O/c1-14-4-6-17(7-5-14)25-13-16(11-19(25)26)23-20-22-10-8-18(24-20)15-3-2-9-21-12-15/h2-10,12,16H,11,13H2,1H3,(H,22,23,24)/t16-/m1/s1. The molecule has 1 aliphatic heterocycles. The second kappa shape index (κ2) is 6.92. The fraction of sp³-hybridized carbons (Fsp3) is 0.200. The molecule has 1 aliphatic rings. The highest BCUT2D eigenvalue weighted by Gasteiger charge is 2.31. The Morgan fingerprint density at radius 3 is 2.73 bits per heavy atom. The minimum absolute atomic E-state index is 0.0204. The number of carbonyl (C=O) groups excluding carboxylic acids is 1. The van der Waals surface area contributed by atoms with Crippen molar-refractivity contribution in [1.29, 1.82) is 0 Å². The number of pyridine rings is 1. The summed E-state index contributed by atoms with van der Waals surface area (Å²) >= 11 is 0. The summed E-state index contributed by atoms with van der Waals surface area (Å²) < 4.78 is 0. The number of hydrogen-bond donors (Lipinski definition) is 1. The van der Waals surface area contributed by atoms with Crippen molar-refractivity contribution >= 4 is 17.5 Å². The normalized spacial score (nSPS) is 16.7. The second-order valence-electron chi connectivity index (χ2n) is 6.39. The maximum absolute atomic E-state index is 12.4. The van der Waals surface area contributed by atoms with Gasteiger partial charge in [-0.25, -0.2) is 9.97 Å². The fourth-order valence-electron chi connectivity index (χ4n) is 3.06. The molecule has 1 N–H and O–H groups in total. The molecule has 0 saturated carbocycles. The lowest BCUT2D eigenvalue weighted by atomic mass is 10.2. The predicted octanol–water partition coefficient (Wildman–Crippen LogP) is 3.06. The number of aromatic nitrogens is 3. The molecule has 3 aromatic rings. The summed E-state index contributed by atoms with van der Waals surface area (Å²) in [5.74, 6) is 0.629. The molecule has 6 nitrogen and oxygen atoms in total. The lowest BCUT2D eigenvalue weighted by Crippen LogP contribution is -2.28. The zero-order chi connectivity index (χ0) is 17.9. The topological polar surface area (TPSA) is 71.0 Å². The van der Waals surface area contributed by atoms with E-state index in [0.29, 0.717) is 18.9 Å². The van der Waals surface area contributed by atoms with Crippen molar-refractivity contribution in [3.63, 3.8) is 0 Å². The molecular formula is C20H19N5O. The summed E-state index contributed by atoms with van der Waals surface area (Å²) in [6.45, 7) is 2.63. The van der Waals surface area contributed by atoms with E-state index in [4.69, 9.17) is 0 Å².